The monoisotopic (exact) mass is 289 g/mol. The van der Waals surface area contributed by atoms with Crippen molar-refractivity contribution in [2.75, 3.05) is 53.3 Å². The second-order valence-corrected chi connectivity index (χ2v) is 5.44. The molecule has 5 heteroatoms. The largest absolute Gasteiger partial charge is 0.394 e. The number of hydrogen-bond acceptors (Lipinski definition) is 5. The highest BCUT2D eigenvalue weighted by Crippen LogP contribution is 2.37. The van der Waals surface area contributed by atoms with Crippen LogP contribution in [0.25, 0.3) is 0 Å². The van der Waals surface area contributed by atoms with E-state index in [0.29, 0.717) is 32.3 Å². The number of aliphatic hydroxyl groups excluding tert-OH is 1. The lowest BCUT2D eigenvalue weighted by molar-refractivity contribution is 0.0173. The third-order valence-electron chi connectivity index (χ3n) is 4.18. The Labute approximate surface area is 123 Å². The standard InChI is InChI=1S/C15H31NO4/c1-3-16-15(13-17)7-4-5-14(15)6-8-19-11-12-20-10-9-18-2/h14,16-17H,3-13H2,1-2H3. The third-order valence-corrected chi connectivity index (χ3v) is 4.18. The lowest BCUT2D eigenvalue weighted by Gasteiger charge is -2.34. The first-order valence-corrected chi connectivity index (χ1v) is 7.79. The van der Waals surface area contributed by atoms with Gasteiger partial charge < -0.3 is 24.6 Å². The number of ether oxygens (including phenoxy) is 3. The van der Waals surface area contributed by atoms with Crippen LogP contribution in [0.5, 0.6) is 0 Å². The molecule has 5 nitrogen and oxygen atoms in total. The second-order valence-electron chi connectivity index (χ2n) is 5.44. The highest BCUT2D eigenvalue weighted by molar-refractivity contribution is 4.98. The molecular formula is C15H31NO4. The predicted molar refractivity (Wildman–Crippen MR) is 79.0 cm³/mol. The van der Waals surface area contributed by atoms with Gasteiger partial charge in [-0.2, -0.15) is 0 Å². The fraction of sp³-hybridized carbons (Fsp3) is 1.00. The summed E-state index contributed by atoms with van der Waals surface area (Å²) in [5, 5.41) is 13.2. The average Bonchev–Trinajstić information content (AvgIpc) is 2.86. The highest BCUT2D eigenvalue weighted by atomic mass is 16.5. The van der Waals surface area contributed by atoms with Crippen LogP contribution in [0.2, 0.25) is 0 Å². The van der Waals surface area contributed by atoms with E-state index >= 15 is 0 Å². The molecule has 1 saturated carbocycles. The van der Waals surface area contributed by atoms with Gasteiger partial charge in [0.25, 0.3) is 0 Å². The number of likely N-dealkylation sites (N-methyl/N-ethyl adjacent to an activating group) is 1. The van der Waals surface area contributed by atoms with E-state index in [1.165, 1.54) is 12.8 Å². The van der Waals surface area contributed by atoms with E-state index in [1.807, 2.05) is 0 Å². The topological polar surface area (TPSA) is 60.0 Å². The maximum atomic E-state index is 9.71. The lowest BCUT2D eigenvalue weighted by Crippen LogP contribution is -2.51. The third kappa shape index (κ3) is 5.66. The van der Waals surface area contributed by atoms with E-state index in [0.717, 1.165) is 26.0 Å². The zero-order valence-corrected chi connectivity index (χ0v) is 13.0. The average molecular weight is 289 g/mol. The van der Waals surface area contributed by atoms with Crippen LogP contribution in [0, 0.1) is 5.92 Å². The SMILES string of the molecule is CCNC1(CO)CCCC1CCOCCOCCOC. The van der Waals surface area contributed by atoms with Crippen molar-refractivity contribution >= 4 is 0 Å². The molecule has 2 N–H and O–H groups in total. The Hall–Kier alpha value is -0.200. The molecule has 20 heavy (non-hydrogen) atoms. The lowest BCUT2D eigenvalue weighted by atomic mass is 9.85. The molecule has 0 saturated heterocycles. The Morgan fingerprint density at radius 1 is 1.15 bits per heavy atom. The van der Waals surface area contributed by atoms with Crippen molar-refractivity contribution in [1.29, 1.82) is 0 Å². The van der Waals surface area contributed by atoms with Crippen molar-refractivity contribution in [3.8, 4) is 0 Å². The summed E-state index contributed by atoms with van der Waals surface area (Å²) in [7, 11) is 1.67. The molecule has 0 radical (unpaired) electrons. The maximum Gasteiger partial charge on any atom is 0.0701 e. The van der Waals surface area contributed by atoms with Crippen LogP contribution in [0.4, 0.5) is 0 Å². The maximum absolute atomic E-state index is 9.71. The van der Waals surface area contributed by atoms with Gasteiger partial charge in [0.05, 0.1) is 33.0 Å². The van der Waals surface area contributed by atoms with Gasteiger partial charge in [0.1, 0.15) is 0 Å². The molecular weight excluding hydrogens is 258 g/mol. The van der Waals surface area contributed by atoms with Gasteiger partial charge >= 0.3 is 0 Å². The number of methoxy groups -OCH3 is 1. The molecule has 0 bridgehead atoms. The Bertz CT molecular complexity index is 240. The summed E-state index contributed by atoms with van der Waals surface area (Å²) in [6.45, 7) is 6.47. The van der Waals surface area contributed by atoms with Crippen LogP contribution in [0.15, 0.2) is 0 Å². The van der Waals surface area contributed by atoms with Crippen LogP contribution < -0.4 is 5.32 Å². The van der Waals surface area contributed by atoms with Gasteiger partial charge in [-0.05, 0) is 31.7 Å². The minimum Gasteiger partial charge on any atom is -0.394 e. The zero-order valence-electron chi connectivity index (χ0n) is 13.0. The van der Waals surface area contributed by atoms with Crippen LogP contribution in [-0.4, -0.2) is 63.9 Å². The van der Waals surface area contributed by atoms with Crippen LogP contribution in [-0.2, 0) is 14.2 Å². The van der Waals surface area contributed by atoms with Crippen LogP contribution >= 0.6 is 0 Å². The summed E-state index contributed by atoms with van der Waals surface area (Å²) in [4.78, 5) is 0. The van der Waals surface area contributed by atoms with E-state index in [-0.39, 0.29) is 12.1 Å². The molecule has 0 heterocycles. The molecule has 2 atom stereocenters. The fourth-order valence-corrected chi connectivity index (χ4v) is 3.10. The molecule has 1 fully saturated rings. The molecule has 1 aliphatic carbocycles. The summed E-state index contributed by atoms with van der Waals surface area (Å²) in [5.74, 6) is 0.516. The number of nitrogens with one attached hydrogen (secondary N) is 1. The quantitative estimate of drug-likeness (QED) is 0.529. The van der Waals surface area contributed by atoms with Gasteiger partial charge in [0, 0.05) is 19.3 Å². The van der Waals surface area contributed by atoms with Crippen molar-refractivity contribution in [2.45, 2.75) is 38.1 Å². The first-order chi connectivity index (χ1) is 9.79. The normalized spacial score (nSPS) is 26.2. The molecule has 1 rings (SSSR count). The molecule has 120 valence electrons. The minimum absolute atomic E-state index is 0.0763. The number of hydrogen-bond donors (Lipinski definition) is 2. The van der Waals surface area contributed by atoms with Crippen molar-refractivity contribution in [3.63, 3.8) is 0 Å². The summed E-state index contributed by atoms with van der Waals surface area (Å²) in [6, 6.07) is 0. The Kier molecular flexibility index (Phi) is 9.39. The van der Waals surface area contributed by atoms with Gasteiger partial charge in [-0.1, -0.05) is 13.3 Å². The molecule has 0 aromatic carbocycles. The summed E-state index contributed by atoms with van der Waals surface area (Å²) < 4.78 is 15.9. The predicted octanol–water partition coefficient (Wildman–Crippen LogP) is 1.20. The van der Waals surface area contributed by atoms with Gasteiger partial charge in [0.15, 0.2) is 0 Å². The highest BCUT2D eigenvalue weighted by Gasteiger charge is 2.41. The summed E-state index contributed by atoms with van der Waals surface area (Å²) in [5.41, 5.74) is -0.0763. The molecule has 0 spiro atoms. The van der Waals surface area contributed by atoms with Gasteiger partial charge in [-0.3, -0.25) is 0 Å². The Morgan fingerprint density at radius 2 is 1.85 bits per heavy atom. The molecule has 0 aromatic rings. The smallest absolute Gasteiger partial charge is 0.0701 e. The van der Waals surface area contributed by atoms with Crippen molar-refractivity contribution < 1.29 is 19.3 Å². The zero-order chi connectivity index (χ0) is 14.7. The second kappa shape index (κ2) is 10.5. The Balaban J connectivity index is 2.11. The summed E-state index contributed by atoms with van der Waals surface area (Å²) >= 11 is 0. The van der Waals surface area contributed by atoms with Crippen molar-refractivity contribution in [2.24, 2.45) is 5.92 Å². The van der Waals surface area contributed by atoms with E-state index in [2.05, 4.69) is 12.2 Å². The van der Waals surface area contributed by atoms with Crippen molar-refractivity contribution in [3.05, 3.63) is 0 Å². The van der Waals surface area contributed by atoms with Crippen LogP contribution in [0.3, 0.4) is 0 Å². The van der Waals surface area contributed by atoms with Gasteiger partial charge in [0.2, 0.25) is 0 Å². The van der Waals surface area contributed by atoms with E-state index < -0.39 is 0 Å². The molecule has 0 aliphatic heterocycles. The molecule has 0 aromatic heterocycles. The first kappa shape index (κ1) is 17.9. The van der Waals surface area contributed by atoms with E-state index in [4.69, 9.17) is 14.2 Å². The van der Waals surface area contributed by atoms with Gasteiger partial charge in [-0.15, -0.1) is 0 Å². The number of rotatable bonds is 12. The number of aliphatic hydroxyl groups is 1. The van der Waals surface area contributed by atoms with Gasteiger partial charge in [-0.25, -0.2) is 0 Å². The molecule has 2 unspecified atom stereocenters. The minimum atomic E-state index is -0.0763. The van der Waals surface area contributed by atoms with Crippen LogP contribution in [0.1, 0.15) is 32.6 Å². The Morgan fingerprint density at radius 3 is 2.50 bits per heavy atom. The molecule has 1 aliphatic rings. The van der Waals surface area contributed by atoms with E-state index in [9.17, 15) is 5.11 Å². The molecule has 0 amide bonds. The summed E-state index contributed by atoms with van der Waals surface area (Å²) in [6.07, 6.45) is 4.45. The fourth-order valence-electron chi connectivity index (χ4n) is 3.10. The van der Waals surface area contributed by atoms with Crippen molar-refractivity contribution in [1.82, 2.24) is 5.32 Å². The van der Waals surface area contributed by atoms with E-state index in [1.54, 1.807) is 7.11 Å². The first-order valence-electron chi connectivity index (χ1n) is 7.79.